The maximum absolute atomic E-state index is 4.51. The van der Waals surface area contributed by atoms with Crippen LogP contribution in [0.2, 0.25) is 0 Å². The van der Waals surface area contributed by atoms with Gasteiger partial charge in [0.2, 0.25) is 0 Å². The second-order valence-corrected chi connectivity index (χ2v) is 5.84. The van der Waals surface area contributed by atoms with Gasteiger partial charge in [0.15, 0.2) is 0 Å². The molecule has 1 N–H and O–H groups in total. The van der Waals surface area contributed by atoms with Crippen molar-refractivity contribution in [2.75, 3.05) is 0 Å². The van der Waals surface area contributed by atoms with Crippen LogP contribution < -0.4 is 5.32 Å². The van der Waals surface area contributed by atoms with Crippen LogP contribution in [0.4, 0.5) is 0 Å². The summed E-state index contributed by atoms with van der Waals surface area (Å²) in [6, 6.07) is 17.9. The van der Waals surface area contributed by atoms with Crippen molar-refractivity contribution in [2.45, 2.75) is 32.0 Å². The number of benzene rings is 2. The highest BCUT2D eigenvalue weighted by molar-refractivity contribution is 5.78. The first kappa shape index (κ1) is 12.6. The van der Waals surface area contributed by atoms with E-state index in [2.05, 4.69) is 63.6 Å². The van der Waals surface area contributed by atoms with Gasteiger partial charge < -0.3 is 5.32 Å². The van der Waals surface area contributed by atoms with Crippen molar-refractivity contribution < 1.29 is 0 Å². The van der Waals surface area contributed by atoms with E-state index in [1.54, 1.807) is 0 Å². The number of rotatable bonds is 5. The quantitative estimate of drug-likeness (QED) is 0.775. The van der Waals surface area contributed by atoms with Crippen LogP contribution in [-0.2, 0) is 13.1 Å². The largest absolute Gasteiger partial charge is 0.310 e. The van der Waals surface area contributed by atoms with Crippen molar-refractivity contribution in [1.29, 1.82) is 0 Å². The van der Waals surface area contributed by atoms with E-state index in [9.17, 15) is 0 Å². The van der Waals surface area contributed by atoms with E-state index in [0.29, 0.717) is 0 Å². The number of fused-ring (bicyclic) bond motifs is 1. The van der Waals surface area contributed by atoms with Gasteiger partial charge in [0.1, 0.15) is 0 Å². The average molecular weight is 277 g/mol. The third-order valence-electron chi connectivity index (χ3n) is 4.05. The molecule has 0 amide bonds. The Hall–Kier alpha value is -2.13. The zero-order valence-corrected chi connectivity index (χ0v) is 12.0. The van der Waals surface area contributed by atoms with Gasteiger partial charge in [0.05, 0.1) is 18.3 Å². The number of nitrogens with zero attached hydrogens (tertiary/aromatic N) is 2. The summed E-state index contributed by atoms with van der Waals surface area (Å²) in [5, 5.41) is 9.27. The highest BCUT2D eigenvalue weighted by Gasteiger charge is 2.19. The van der Waals surface area contributed by atoms with Gasteiger partial charge in [0, 0.05) is 18.0 Å². The van der Waals surface area contributed by atoms with E-state index < -0.39 is 0 Å². The van der Waals surface area contributed by atoms with Gasteiger partial charge >= 0.3 is 0 Å². The van der Waals surface area contributed by atoms with Crippen LogP contribution in [0.15, 0.2) is 54.7 Å². The lowest BCUT2D eigenvalue weighted by Crippen LogP contribution is -2.15. The average Bonchev–Trinajstić information content (AvgIpc) is 3.27. The molecule has 1 aliphatic rings. The van der Waals surface area contributed by atoms with E-state index >= 15 is 0 Å². The molecule has 0 atom stereocenters. The Morgan fingerprint density at radius 3 is 2.81 bits per heavy atom. The zero-order valence-electron chi connectivity index (χ0n) is 12.0. The Morgan fingerprint density at radius 2 is 1.90 bits per heavy atom. The van der Waals surface area contributed by atoms with E-state index in [1.807, 2.05) is 6.20 Å². The lowest BCUT2D eigenvalue weighted by Gasteiger charge is -2.07. The first-order chi connectivity index (χ1) is 10.4. The molecule has 1 heterocycles. The molecule has 0 spiro atoms. The monoisotopic (exact) mass is 277 g/mol. The minimum atomic E-state index is 0.753. The molecule has 106 valence electrons. The summed E-state index contributed by atoms with van der Waals surface area (Å²) < 4.78 is 2.07. The molecule has 1 aliphatic carbocycles. The summed E-state index contributed by atoms with van der Waals surface area (Å²) in [6.07, 6.45) is 4.60. The molecule has 3 nitrogen and oxygen atoms in total. The molecule has 0 bridgehead atoms. The van der Waals surface area contributed by atoms with Crippen molar-refractivity contribution in [2.24, 2.45) is 0 Å². The Balaban J connectivity index is 1.54. The molecule has 4 rings (SSSR count). The normalized spacial score (nSPS) is 14.7. The van der Waals surface area contributed by atoms with Crippen LogP contribution in [0.1, 0.15) is 24.0 Å². The van der Waals surface area contributed by atoms with E-state index in [4.69, 9.17) is 0 Å². The Labute approximate surface area is 124 Å². The fourth-order valence-electron chi connectivity index (χ4n) is 2.71. The lowest BCUT2D eigenvalue weighted by atomic mass is 10.1. The van der Waals surface area contributed by atoms with Crippen LogP contribution in [-0.4, -0.2) is 15.8 Å². The molecule has 0 unspecified atom stereocenters. The second kappa shape index (κ2) is 5.34. The van der Waals surface area contributed by atoms with Crippen molar-refractivity contribution in [1.82, 2.24) is 15.1 Å². The topological polar surface area (TPSA) is 29.9 Å². The van der Waals surface area contributed by atoms with Crippen molar-refractivity contribution in [3.05, 3.63) is 65.9 Å². The maximum Gasteiger partial charge on any atom is 0.0686 e. The minimum absolute atomic E-state index is 0.753. The molecule has 0 aliphatic heterocycles. The van der Waals surface area contributed by atoms with Crippen molar-refractivity contribution in [3.8, 4) is 0 Å². The van der Waals surface area contributed by atoms with Gasteiger partial charge in [-0.05, 0) is 30.0 Å². The smallest absolute Gasteiger partial charge is 0.0686 e. The molecule has 3 aromatic rings. The Kier molecular flexibility index (Phi) is 3.20. The summed E-state index contributed by atoms with van der Waals surface area (Å²) in [5.41, 5.74) is 3.86. The Bertz CT molecular complexity index is 756. The summed E-state index contributed by atoms with van der Waals surface area (Å²) in [5.74, 6) is 0. The molecule has 21 heavy (non-hydrogen) atoms. The molecular weight excluding hydrogens is 258 g/mol. The first-order valence-electron chi connectivity index (χ1n) is 7.60. The molecular formula is C18H19N3. The second-order valence-electron chi connectivity index (χ2n) is 5.84. The van der Waals surface area contributed by atoms with Gasteiger partial charge in [-0.15, -0.1) is 0 Å². The molecule has 2 aromatic carbocycles. The van der Waals surface area contributed by atoms with E-state index in [-0.39, 0.29) is 0 Å². The third kappa shape index (κ3) is 2.83. The predicted octanol–water partition coefficient (Wildman–Crippen LogP) is 3.34. The third-order valence-corrected chi connectivity index (χ3v) is 4.05. The van der Waals surface area contributed by atoms with Gasteiger partial charge in [0.25, 0.3) is 0 Å². The summed E-state index contributed by atoms with van der Waals surface area (Å²) in [4.78, 5) is 0. The minimum Gasteiger partial charge on any atom is -0.310 e. The number of hydrogen-bond acceptors (Lipinski definition) is 2. The highest BCUT2D eigenvalue weighted by Crippen LogP contribution is 2.20. The van der Waals surface area contributed by atoms with Gasteiger partial charge in [-0.3, -0.25) is 4.68 Å². The van der Waals surface area contributed by atoms with E-state index in [1.165, 1.54) is 34.9 Å². The number of aromatic nitrogens is 2. The van der Waals surface area contributed by atoms with Crippen LogP contribution in [0.5, 0.6) is 0 Å². The number of para-hydroxylation sites is 1. The van der Waals surface area contributed by atoms with Crippen molar-refractivity contribution in [3.63, 3.8) is 0 Å². The number of nitrogens with one attached hydrogen (secondary N) is 1. The zero-order chi connectivity index (χ0) is 14.1. The van der Waals surface area contributed by atoms with Crippen LogP contribution in [0, 0.1) is 0 Å². The van der Waals surface area contributed by atoms with E-state index in [0.717, 1.165) is 19.1 Å². The molecule has 0 radical (unpaired) electrons. The van der Waals surface area contributed by atoms with Crippen molar-refractivity contribution >= 4 is 10.9 Å². The van der Waals surface area contributed by atoms with Crippen LogP contribution in [0.3, 0.4) is 0 Å². The lowest BCUT2D eigenvalue weighted by molar-refractivity contribution is 0.682. The van der Waals surface area contributed by atoms with Crippen LogP contribution >= 0.6 is 0 Å². The van der Waals surface area contributed by atoms with Crippen LogP contribution in [0.25, 0.3) is 10.9 Å². The fraction of sp³-hybridized carbons (Fsp3) is 0.278. The SMILES string of the molecule is c1cc(CNC2CC2)cc(Cn2ncc3ccccc32)c1. The highest BCUT2D eigenvalue weighted by atomic mass is 15.3. The molecule has 0 saturated heterocycles. The Morgan fingerprint density at radius 1 is 1.05 bits per heavy atom. The number of hydrogen-bond donors (Lipinski definition) is 1. The summed E-state index contributed by atoms with van der Waals surface area (Å²) >= 11 is 0. The molecule has 1 fully saturated rings. The summed E-state index contributed by atoms with van der Waals surface area (Å²) in [6.45, 7) is 1.79. The molecule has 3 heteroatoms. The summed E-state index contributed by atoms with van der Waals surface area (Å²) in [7, 11) is 0. The van der Waals surface area contributed by atoms with Gasteiger partial charge in [-0.2, -0.15) is 5.10 Å². The first-order valence-corrected chi connectivity index (χ1v) is 7.60. The molecule has 1 aromatic heterocycles. The van der Waals surface area contributed by atoms with Gasteiger partial charge in [-0.1, -0.05) is 42.5 Å². The standard InChI is InChI=1S/C18H19N3/c1-2-7-18-16(6-1)12-20-21(18)13-15-5-3-4-14(10-15)11-19-17-8-9-17/h1-7,10,12,17,19H,8-9,11,13H2. The maximum atomic E-state index is 4.51. The predicted molar refractivity (Wildman–Crippen MR) is 85.1 cm³/mol. The van der Waals surface area contributed by atoms with Gasteiger partial charge in [-0.25, -0.2) is 0 Å². The fourth-order valence-corrected chi connectivity index (χ4v) is 2.71. The molecule has 1 saturated carbocycles.